The number of rotatable bonds is 3. The van der Waals surface area contributed by atoms with Crippen molar-refractivity contribution in [3.8, 4) is 0 Å². The van der Waals surface area contributed by atoms with Crippen LogP contribution in [-0.2, 0) is 9.53 Å². The molecule has 2 aromatic rings. The maximum atomic E-state index is 12.7. The Morgan fingerprint density at radius 1 is 1.42 bits per heavy atom. The van der Waals surface area contributed by atoms with Gasteiger partial charge in [-0.05, 0) is 19.1 Å². The zero-order valence-electron chi connectivity index (χ0n) is 13.6. The second-order valence-electron chi connectivity index (χ2n) is 5.67. The number of nitrogens with one attached hydrogen (secondary N) is 2. The number of amides is 2. The maximum Gasteiger partial charge on any atom is 0.254 e. The summed E-state index contributed by atoms with van der Waals surface area (Å²) in [6.45, 7) is 4.69. The minimum atomic E-state index is -0.270. The molecule has 1 aliphatic heterocycles. The number of anilines is 1. The van der Waals surface area contributed by atoms with Crippen LogP contribution in [0, 0.1) is 6.92 Å². The van der Waals surface area contributed by atoms with Crippen LogP contribution in [0.1, 0.15) is 34.9 Å². The van der Waals surface area contributed by atoms with Gasteiger partial charge in [0, 0.05) is 37.1 Å². The van der Waals surface area contributed by atoms with Gasteiger partial charge in [0.2, 0.25) is 5.91 Å². The highest BCUT2D eigenvalue weighted by Crippen LogP contribution is 2.21. The lowest BCUT2D eigenvalue weighted by molar-refractivity contribution is -0.114. The number of hydrogen-bond acceptors (Lipinski definition) is 5. The van der Waals surface area contributed by atoms with E-state index in [4.69, 9.17) is 4.74 Å². The van der Waals surface area contributed by atoms with Gasteiger partial charge in [0.1, 0.15) is 17.7 Å². The lowest BCUT2D eigenvalue weighted by atomic mass is 10.2. The predicted octanol–water partition coefficient (Wildman–Crippen LogP) is 1.29. The number of carbonyl (C=O) groups excluding carboxylic acids is 2. The molecule has 1 fully saturated rings. The first-order chi connectivity index (χ1) is 11.5. The Balaban J connectivity index is 1.73. The van der Waals surface area contributed by atoms with Gasteiger partial charge in [0.25, 0.3) is 5.91 Å². The molecule has 1 atom stereocenters. The molecule has 1 saturated heterocycles. The lowest BCUT2D eigenvalue weighted by Crippen LogP contribution is -2.42. The summed E-state index contributed by atoms with van der Waals surface area (Å²) in [5.74, 6) is 0.728. The molecule has 0 saturated carbocycles. The third-order valence-corrected chi connectivity index (χ3v) is 3.69. The summed E-state index contributed by atoms with van der Waals surface area (Å²) in [6.07, 6.45) is 2.97. The number of morpholine rings is 1. The van der Waals surface area contributed by atoms with Crippen LogP contribution >= 0.6 is 0 Å². The molecule has 2 N–H and O–H groups in total. The molecule has 2 aromatic heterocycles. The van der Waals surface area contributed by atoms with Crippen LogP contribution < -0.4 is 5.32 Å². The SMILES string of the molecule is CC(=O)Nc1cc(C(=O)N2CCO[C@H](c3ncc(C)[nH]3)C2)ccn1. The Bertz CT molecular complexity index is 758. The summed E-state index contributed by atoms with van der Waals surface area (Å²) in [5, 5.41) is 2.58. The highest BCUT2D eigenvalue weighted by molar-refractivity contribution is 5.96. The molecule has 24 heavy (non-hydrogen) atoms. The molecule has 126 valence electrons. The van der Waals surface area contributed by atoms with E-state index in [2.05, 4.69) is 20.3 Å². The van der Waals surface area contributed by atoms with E-state index in [1.165, 1.54) is 13.1 Å². The molecular weight excluding hydrogens is 310 g/mol. The van der Waals surface area contributed by atoms with Gasteiger partial charge in [0.15, 0.2) is 0 Å². The van der Waals surface area contributed by atoms with Crippen molar-refractivity contribution in [2.75, 3.05) is 25.0 Å². The van der Waals surface area contributed by atoms with Crippen molar-refractivity contribution in [3.63, 3.8) is 0 Å². The fourth-order valence-electron chi connectivity index (χ4n) is 2.59. The van der Waals surface area contributed by atoms with Crippen molar-refractivity contribution < 1.29 is 14.3 Å². The molecule has 8 nitrogen and oxygen atoms in total. The zero-order valence-corrected chi connectivity index (χ0v) is 13.6. The fourth-order valence-corrected chi connectivity index (χ4v) is 2.59. The minimum absolute atomic E-state index is 0.124. The van der Waals surface area contributed by atoms with Crippen molar-refractivity contribution in [1.82, 2.24) is 19.9 Å². The zero-order chi connectivity index (χ0) is 17.1. The molecule has 8 heteroatoms. The summed E-state index contributed by atoms with van der Waals surface area (Å²) < 4.78 is 5.71. The number of ether oxygens (including phenoxy) is 1. The summed E-state index contributed by atoms with van der Waals surface area (Å²) in [4.78, 5) is 37.0. The predicted molar refractivity (Wildman–Crippen MR) is 86.5 cm³/mol. The maximum absolute atomic E-state index is 12.7. The van der Waals surface area contributed by atoms with Gasteiger partial charge in [-0.1, -0.05) is 0 Å². The Kier molecular flexibility index (Phi) is 4.57. The average molecular weight is 329 g/mol. The Morgan fingerprint density at radius 2 is 2.25 bits per heavy atom. The number of aryl methyl sites for hydroxylation is 1. The summed E-state index contributed by atoms with van der Waals surface area (Å²) in [7, 11) is 0. The molecule has 1 aliphatic rings. The van der Waals surface area contributed by atoms with E-state index in [0.29, 0.717) is 31.1 Å². The van der Waals surface area contributed by atoms with Gasteiger partial charge in [-0.15, -0.1) is 0 Å². The average Bonchev–Trinajstić information content (AvgIpc) is 3.00. The van der Waals surface area contributed by atoms with E-state index in [-0.39, 0.29) is 17.9 Å². The molecule has 0 spiro atoms. The van der Waals surface area contributed by atoms with Crippen LogP contribution in [0.3, 0.4) is 0 Å². The standard InChI is InChI=1S/C16H19N5O3/c1-10-8-18-15(19-10)13-9-21(5-6-24-13)16(23)12-3-4-17-14(7-12)20-11(2)22/h3-4,7-8,13H,5-6,9H2,1-2H3,(H,18,19)(H,17,20,22)/t13-/m0/s1. The third kappa shape index (κ3) is 3.60. The molecule has 0 aromatic carbocycles. The summed E-state index contributed by atoms with van der Waals surface area (Å²) in [6, 6.07) is 3.21. The molecule has 0 unspecified atom stereocenters. The van der Waals surface area contributed by atoms with Crippen molar-refractivity contribution in [3.05, 3.63) is 41.6 Å². The number of aromatic amines is 1. The Labute approximate surface area is 139 Å². The van der Waals surface area contributed by atoms with Gasteiger partial charge in [-0.25, -0.2) is 9.97 Å². The third-order valence-electron chi connectivity index (χ3n) is 3.69. The van der Waals surface area contributed by atoms with Gasteiger partial charge in [-0.2, -0.15) is 0 Å². The quantitative estimate of drug-likeness (QED) is 0.883. The summed E-state index contributed by atoms with van der Waals surface area (Å²) >= 11 is 0. The van der Waals surface area contributed by atoms with Crippen LogP contribution in [-0.4, -0.2) is 51.4 Å². The van der Waals surface area contributed by atoms with Gasteiger partial charge in [-0.3, -0.25) is 9.59 Å². The van der Waals surface area contributed by atoms with Gasteiger partial charge < -0.3 is 19.9 Å². The van der Waals surface area contributed by atoms with E-state index < -0.39 is 0 Å². The molecule has 3 heterocycles. The van der Waals surface area contributed by atoms with E-state index in [1.807, 2.05) is 6.92 Å². The molecule has 2 amide bonds. The summed E-state index contributed by atoms with van der Waals surface area (Å²) in [5.41, 5.74) is 1.43. The first kappa shape index (κ1) is 16.1. The first-order valence-electron chi connectivity index (χ1n) is 7.69. The highest BCUT2D eigenvalue weighted by Gasteiger charge is 2.28. The number of hydrogen-bond donors (Lipinski definition) is 2. The van der Waals surface area contributed by atoms with E-state index in [1.54, 1.807) is 23.2 Å². The molecule has 0 radical (unpaired) electrons. The topological polar surface area (TPSA) is 100 Å². The van der Waals surface area contributed by atoms with Crippen molar-refractivity contribution in [1.29, 1.82) is 0 Å². The Hall–Kier alpha value is -2.74. The highest BCUT2D eigenvalue weighted by atomic mass is 16.5. The number of carbonyl (C=O) groups is 2. The monoisotopic (exact) mass is 329 g/mol. The minimum Gasteiger partial charge on any atom is -0.367 e. The van der Waals surface area contributed by atoms with E-state index in [9.17, 15) is 9.59 Å². The number of H-pyrrole nitrogens is 1. The lowest BCUT2D eigenvalue weighted by Gasteiger charge is -2.32. The van der Waals surface area contributed by atoms with Crippen LogP contribution in [0.4, 0.5) is 5.82 Å². The second kappa shape index (κ2) is 6.79. The fraction of sp³-hybridized carbons (Fsp3) is 0.375. The number of pyridine rings is 1. The van der Waals surface area contributed by atoms with Crippen molar-refractivity contribution >= 4 is 17.6 Å². The molecular formula is C16H19N5O3. The largest absolute Gasteiger partial charge is 0.367 e. The smallest absolute Gasteiger partial charge is 0.254 e. The normalized spacial score (nSPS) is 17.6. The number of imidazole rings is 1. The van der Waals surface area contributed by atoms with Crippen LogP contribution in [0.25, 0.3) is 0 Å². The number of aromatic nitrogens is 3. The van der Waals surface area contributed by atoms with Crippen molar-refractivity contribution in [2.45, 2.75) is 20.0 Å². The second-order valence-corrected chi connectivity index (χ2v) is 5.67. The van der Waals surface area contributed by atoms with Gasteiger partial charge in [0.05, 0.1) is 13.2 Å². The Morgan fingerprint density at radius 3 is 2.96 bits per heavy atom. The first-order valence-corrected chi connectivity index (χ1v) is 7.69. The molecule has 0 bridgehead atoms. The van der Waals surface area contributed by atoms with E-state index >= 15 is 0 Å². The molecule has 0 aliphatic carbocycles. The van der Waals surface area contributed by atoms with E-state index in [0.717, 1.165) is 11.5 Å². The van der Waals surface area contributed by atoms with Crippen molar-refractivity contribution in [2.24, 2.45) is 0 Å². The number of nitrogens with zero attached hydrogens (tertiary/aromatic N) is 3. The molecule has 3 rings (SSSR count). The van der Waals surface area contributed by atoms with Gasteiger partial charge >= 0.3 is 0 Å². The van der Waals surface area contributed by atoms with Crippen LogP contribution in [0.2, 0.25) is 0 Å². The van der Waals surface area contributed by atoms with Crippen LogP contribution in [0.5, 0.6) is 0 Å². The van der Waals surface area contributed by atoms with Crippen LogP contribution in [0.15, 0.2) is 24.5 Å².